The maximum atomic E-state index is 13.0. The van der Waals surface area contributed by atoms with Crippen molar-refractivity contribution in [3.63, 3.8) is 0 Å². The van der Waals surface area contributed by atoms with Crippen LogP contribution in [0, 0.1) is 5.82 Å². The molecule has 1 unspecified atom stereocenters. The Labute approximate surface area is 137 Å². The number of nitrogens with zero attached hydrogens (tertiary/aromatic N) is 2. The Morgan fingerprint density at radius 1 is 1.43 bits per heavy atom. The lowest BCUT2D eigenvalue weighted by molar-refractivity contribution is 0.266. The molecule has 0 radical (unpaired) electrons. The number of rotatable bonds is 7. The van der Waals surface area contributed by atoms with Gasteiger partial charge in [-0.15, -0.1) is 0 Å². The lowest BCUT2D eigenvalue weighted by Gasteiger charge is -2.24. The second-order valence-corrected chi connectivity index (χ2v) is 5.61. The molecule has 1 heterocycles. The van der Waals surface area contributed by atoms with Crippen LogP contribution >= 0.6 is 0 Å². The summed E-state index contributed by atoms with van der Waals surface area (Å²) < 4.78 is 18.5. The topological polar surface area (TPSA) is 48.9 Å². The van der Waals surface area contributed by atoms with Crippen molar-refractivity contribution >= 4 is 5.96 Å². The van der Waals surface area contributed by atoms with E-state index < -0.39 is 0 Å². The molecule has 1 fully saturated rings. The molecule has 0 spiro atoms. The number of likely N-dealkylation sites (tertiary alicyclic amines) is 1. The number of ether oxygens (including phenoxy) is 1. The number of aliphatic imine (C=N–C) groups is 1. The van der Waals surface area contributed by atoms with Gasteiger partial charge in [-0.05, 0) is 38.1 Å². The van der Waals surface area contributed by atoms with Crippen LogP contribution in [-0.2, 0) is 0 Å². The highest BCUT2D eigenvalue weighted by molar-refractivity contribution is 5.79. The fourth-order valence-corrected chi connectivity index (χ4v) is 2.87. The molecule has 1 saturated heterocycles. The molecular formula is C17H27FN4O. The summed E-state index contributed by atoms with van der Waals surface area (Å²) in [6.07, 6.45) is 2.51. The van der Waals surface area contributed by atoms with Crippen LogP contribution in [0.25, 0.3) is 0 Å². The van der Waals surface area contributed by atoms with Crippen molar-refractivity contribution in [3.05, 3.63) is 30.1 Å². The highest BCUT2D eigenvalue weighted by Crippen LogP contribution is 2.15. The molecule has 1 aliphatic rings. The van der Waals surface area contributed by atoms with Crippen LogP contribution < -0.4 is 15.4 Å². The van der Waals surface area contributed by atoms with Crippen molar-refractivity contribution in [2.45, 2.75) is 25.8 Å². The average Bonchev–Trinajstić information content (AvgIpc) is 3.02. The van der Waals surface area contributed by atoms with Crippen LogP contribution in [-0.4, -0.2) is 56.7 Å². The van der Waals surface area contributed by atoms with Crippen molar-refractivity contribution in [2.75, 3.05) is 39.8 Å². The van der Waals surface area contributed by atoms with E-state index in [-0.39, 0.29) is 5.82 Å². The molecule has 0 saturated carbocycles. The van der Waals surface area contributed by atoms with Gasteiger partial charge in [0.25, 0.3) is 0 Å². The number of nitrogens with one attached hydrogen (secondary N) is 2. The minimum Gasteiger partial charge on any atom is -0.492 e. The van der Waals surface area contributed by atoms with Crippen LogP contribution in [0.5, 0.6) is 5.75 Å². The fourth-order valence-electron chi connectivity index (χ4n) is 2.87. The third kappa shape index (κ3) is 5.71. The van der Waals surface area contributed by atoms with Gasteiger partial charge in [0.2, 0.25) is 0 Å². The molecule has 0 aliphatic carbocycles. The Balaban J connectivity index is 1.65. The van der Waals surface area contributed by atoms with Gasteiger partial charge in [-0.2, -0.15) is 0 Å². The normalized spacial score (nSPS) is 18.9. The third-order valence-electron chi connectivity index (χ3n) is 4.09. The van der Waals surface area contributed by atoms with Gasteiger partial charge in [-0.25, -0.2) is 4.39 Å². The third-order valence-corrected chi connectivity index (χ3v) is 4.09. The van der Waals surface area contributed by atoms with Crippen LogP contribution in [0.15, 0.2) is 29.3 Å². The molecule has 5 nitrogen and oxygen atoms in total. The summed E-state index contributed by atoms with van der Waals surface area (Å²) in [4.78, 5) is 6.71. The van der Waals surface area contributed by atoms with E-state index in [1.807, 2.05) is 0 Å². The van der Waals surface area contributed by atoms with E-state index in [4.69, 9.17) is 4.74 Å². The number of guanidine groups is 1. The smallest absolute Gasteiger partial charge is 0.191 e. The first kappa shape index (κ1) is 17.5. The van der Waals surface area contributed by atoms with Gasteiger partial charge in [0.15, 0.2) is 5.96 Å². The first-order chi connectivity index (χ1) is 11.2. The summed E-state index contributed by atoms with van der Waals surface area (Å²) in [5.41, 5.74) is 0. The van der Waals surface area contributed by atoms with Gasteiger partial charge >= 0.3 is 0 Å². The predicted molar refractivity (Wildman–Crippen MR) is 91.5 cm³/mol. The van der Waals surface area contributed by atoms with Crippen molar-refractivity contribution < 1.29 is 9.13 Å². The quantitative estimate of drug-likeness (QED) is 0.457. The van der Waals surface area contributed by atoms with Crippen molar-refractivity contribution in [1.82, 2.24) is 15.5 Å². The summed E-state index contributed by atoms with van der Waals surface area (Å²) in [7, 11) is 1.76. The van der Waals surface area contributed by atoms with Crippen LogP contribution in [0.1, 0.15) is 19.8 Å². The second-order valence-electron chi connectivity index (χ2n) is 5.61. The van der Waals surface area contributed by atoms with E-state index in [0.717, 1.165) is 19.0 Å². The zero-order valence-electron chi connectivity index (χ0n) is 14.0. The maximum Gasteiger partial charge on any atom is 0.191 e. The Morgan fingerprint density at radius 3 is 3.04 bits per heavy atom. The van der Waals surface area contributed by atoms with Gasteiger partial charge in [-0.1, -0.05) is 13.0 Å². The number of hydrogen-bond acceptors (Lipinski definition) is 3. The van der Waals surface area contributed by atoms with E-state index in [2.05, 4.69) is 27.4 Å². The van der Waals surface area contributed by atoms with Gasteiger partial charge in [0, 0.05) is 25.7 Å². The molecule has 23 heavy (non-hydrogen) atoms. The monoisotopic (exact) mass is 322 g/mol. The summed E-state index contributed by atoms with van der Waals surface area (Å²) >= 11 is 0. The van der Waals surface area contributed by atoms with Gasteiger partial charge in [0.1, 0.15) is 18.2 Å². The van der Waals surface area contributed by atoms with Crippen LogP contribution in [0.3, 0.4) is 0 Å². The summed E-state index contributed by atoms with van der Waals surface area (Å²) in [6.45, 7) is 6.45. The standard InChI is InChI=1S/C17H27FN4O/c1-3-22-10-5-7-15(22)13-21-17(19-2)20-9-11-23-16-8-4-6-14(18)12-16/h4,6,8,12,15H,3,5,7,9-11,13H2,1-2H3,(H2,19,20,21). The SMILES string of the molecule is CCN1CCCC1CNC(=NC)NCCOc1cccc(F)c1. The molecule has 0 amide bonds. The Bertz CT molecular complexity index is 509. The molecule has 6 heteroatoms. The van der Waals surface area contributed by atoms with E-state index >= 15 is 0 Å². The molecule has 2 rings (SSSR count). The van der Waals surface area contributed by atoms with Gasteiger partial charge in [0.05, 0.1) is 6.54 Å². The van der Waals surface area contributed by atoms with Crippen molar-refractivity contribution in [1.29, 1.82) is 0 Å². The number of likely N-dealkylation sites (N-methyl/N-ethyl adjacent to an activating group) is 1. The molecule has 0 aromatic heterocycles. The highest BCUT2D eigenvalue weighted by Gasteiger charge is 2.22. The summed E-state index contributed by atoms with van der Waals surface area (Å²) in [5, 5.41) is 6.58. The number of halogens is 1. The number of benzene rings is 1. The average molecular weight is 322 g/mol. The first-order valence-corrected chi connectivity index (χ1v) is 8.30. The molecule has 1 atom stereocenters. The second kappa shape index (κ2) is 9.35. The lowest BCUT2D eigenvalue weighted by Crippen LogP contribution is -2.45. The minimum absolute atomic E-state index is 0.287. The van der Waals surface area contributed by atoms with Crippen molar-refractivity contribution in [2.24, 2.45) is 4.99 Å². The molecule has 0 bridgehead atoms. The highest BCUT2D eigenvalue weighted by atomic mass is 19.1. The number of hydrogen-bond donors (Lipinski definition) is 2. The largest absolute Gasteiger partial charge is 0.492 e. The van der Waals surface area contributed by atoms with Gasteiger partial charge < -0.3 is 15.4 Å². The van der Waals surface area contributed by atoms with Crippen LogP contribution in [0.4, 0.5) is 4.39 Å². The fraction of sp³-hybridized carbons (Fsp3) is 0.588. The Morgan fingerprint density at radius 2 is 2.30 bits per heavy atom. The van der Waals surface area contributed by atoms with E-state index in [9.17, 15) is 4.39 Å². The lowest BCUT2D eigenvalue weighted by atomic mass is 10.2. The molecular weight excluding hydrogens is 295 g/mol. The zero-order chi connectivity index (χ0) is 16.5. The molecule has 1 aromatic rings. The van der Waals surface area contributed by atoms with Crippen molar-refractivity contribution in [3.8, 4) is 5.75 Å². The minimum atomic E-state index is -0.287. The molecule has 1 aliphatic heterocycles. The van der Waals surface area contributed by atoms with E-state index in [0.29, 0.717) is 24.9 Å². The summed E-state index contributed by atoms with van der Waals surface area (Å²) in [6, 6.07) is 6.75. The first-order valence-electron chi connectivity index (χ1n) is 8.30. The van der Waals surface area contributed by atoms with Gasteiger partial charge in [-0.3, -0.25) is 9.89 Å². The maximum absolute atomic E-state index is 13.0. The predicted octanol–water partition coefficient (Wildman–Crippen LogP) is 1.85. The van der Waals surface area contributed by atoms with Crippen LogP contribution in [0.2, 0.25) is 0 Å². The molecule has 2 N–H and O–H groups in total. The Hall–Kier alpha value is -1.82. The molecule has 128 valence electrons. The summed E-state index contributed by atoms with van der Waals surface area (Å²) in [5.74, 6) is 1.03. The zero-order valence-corrected chi connectivity index (χ0v) is 14.0. The molecule has 1 aromatic carbocycles. The van der Waals surface area contributed by atoms with E-state index in [1.165, 1.54) is 31.5 Å². The van der Waals surface area contributed by atoms with E-state index in [1.54, 1.807) is 19.2 Å². The Kier molecular flexibility index (Phi) is 7.13.